The molecule has 3 aliphatic heterocycles. The lowest BCUT2D eigenvalue weighted by molar-refractivity contribution is -0.313. The summed E-state index contributed by atoms with van der Waals surface area (Å²) in [5.74, 6) is -2.82. The molecule has 0 unspecified atom stereocenters. The molecule has 2 bridgehead atoms. The molecule has 1 amide bonds. The lowest BCUT2D eigenvalue weighted by Gasteiger charge is -2.31. The van der Waals surface area contributed by atoms with Gasteiger partial charge in [-0.15, -0.1) is 0 Å². The maximum absolute atomic E-state index is 13.0. The Kier molecular flexibility index (Phi) is 5.59. The normalized spacial score (nSPS) is 31.5. The van der Waals surface area contributed by atoms with E-state index in [0.717, 1.165) is 19.3 Å². The zero-order chi connectivity index (χ0) is 20.7. The van der Waals surface area contributed by atoms with Crippen LogP contribution >= 0.6 is 0 Å². The van der Waals surface area contributed by atoms with Crippen LogP contribution in [0.4, 0.5) is 0 Å². The van der Waals surface area contributed by atoms with E-state index < -0.39 is 29.5 Å². The van der Waals surface area contributed by atoms with E-state index in [0.29, 0.717) is 13.1 Å². The van der Waals surface area contributed by atoms with Crippen molar-refractivity contribution < 1.29 is 19.4 Å². The number of aliphatic carboxylic acids is 1. The first kappa shape index (κ1) is 20.8. The highest BCUT2D eigenvalue weighted by Gasteiger charge is 2.65. The van der Waals surface area contributed by atoms with Gasteiger partial charge in [0.1, 0.15) is 5.60 Å². The SMILES string of the molecule is CC(C)=CCC/C(C)=C/CC(C)(C)CN1C[C@]23C=C[C@H](O2)[C@H](C(=O)[O-])[C@@H]3C1=O. The molecule has 4 atom stereocenters. The topological polar surface area (TPSA) is 69.7 Å². The van der Waals surface area contributed by atoms with Crippen LogP contribution in [-0.4, -0.2) is 41.6 Å². The molecule has 2 saturated heterocycles. The summed E-state index contributed by atoms with van der Waals surface area (Å²) in [6, 6.07) is 0. The Morgan fingerprint density at radius 3 is 2.71 bits per heavy atom. The lowest BCUT2D eigenvalue weighted by atomic mass is 9.77. The molecule has 5 heteroatoms. The second-order valence-corrected chi connectivity index (χ2v) is 9.65. The summed E-state index contributed by atoms with van der Waals surface area (Å²) >= 11 is 0. The van der Waals surface area contributed by atoms with Gasteiger partial charge in [-0.2, -0.15) is 0 Å². The van der Waals surface area contributed by atoms with E-state index in [1.807, 2.05) is 6.08 Å². The van der Waals surface area contributed by atoms with Gasteiger partial charge in [0.15, 0.2) is 0 Å². The van der Waals surface area contributed by atoms with E-state index >= 15 is 0 Å². The molecule has 1 spiro atoms. The number of rotatable bonds is 8. The van der Waals surface area contributed by atoms with Gasteiger partial charge in [-0.05, 0) is 45.4 Å². The average molecular weight is 387 g/mol. The molecular weight excluding hydrogens is 354 g/mol. The molecule has 5 nitrogen and oxygen atoms in total. The van der Waals surface area contributed by atoms with E-state index in [9.17, 15) is 14.7 Å². The fourth-order valence-electron chi connectivity index (χ4n) is 4.70. The van der Waals surface area contributed by atoms with Crippen LogP contribution in [0.2, 0.25) is 0 Å². The zero-order valence-electron chi connectivity index (χ0n) is 17.7. The highest BCUT2D eigenvalue weighted by molar-refractivity contribution is 5.90. The summed E-state index contributed by atoms with van der Waals surface area (Å²) in [6.45, 7) is 11.7. The van der Waals surface area contributed by atoms with Crippen molar-refractivity contribution in [3.63, 3.8) is 0 Å². The molecule has 3 rings (SSSR count). The number of allylic oxidation sites excluding steroid dienone is 4. The highest BCUT2D eigenvalue weighted by Crippen LogP contribution is 2.52. The minimum Gasteiger partial charge on any atom is -0.550 e. The quantitative estimate of drug-likeness (QED) is 0.601. The fourth-order valence-corrected chi connectivity index (χ4v) is 4.70. The van der Waals surface area contributed by atoms with Gasteiger partial charge in [-0.3, -0.25) is 4.79 Å². The molecule has 0 aliphatic carbocycles. The number of carboxylic acids is 1. The van der Waals surface area contributed by atoms with E-state index in [-0.39, 0.29) is 11.3 Å². The van der Waals surface area contributed by atoms with E-state index in [4.69, 9.17) is 4.74 Å². The number of hydrogen-bond donors (Lipinski definition) is 0. The van der Waals surface area contributed by atoms with E-state index in [1.165, 1.54) is 11.1 Å². The van der Waals surface area contributed by atoms with Crippen LogP contribution in [0.5, 0.6) is 0 Å². The molecule has 154 valence electrons. The van der Waals surface area contributed by atoms with Gasteiger partial charge in [-0.1, -0.05) is 49.3 Å². The van der Waals surface area contributed by atoms with Crippen molar-refractivity contribution in [3.8, 4) is 0 Å². The number of likely N-dealkylation sites (tertiary alicyclic amines) is 1. The van der Waals surface area contributed by atoms with Crippen LogP contribution in [0.15, 0.2) is 35.5 Å². The predicted molar refractivity (Wildman–Crippen MR) is 106 cm³/mol. The van der Waals surface area contributed by atoms with Gasteiger partial charge in [0, 0.05) is 18.4 Å². The first-order chi connectivity index (χ1) is 13.0. The first-order valence-electron chi connectivity index (χ1n) is 10.2. The Bertz CT molecular complexity index is 744. The third-order valence-corrected chi connectivity index (χ3v) is 6.16. The largest absolute Gasteiger partial charge is 0.550 e. The number of hydrogen-bond acceptors (Lipinski definition) is 4. The molecular formula is C23H32NO4-. The second kappa shape index (κ2) is 7.51. The summed E-state index contributed by atoms with van der Waals surface area (Å²) in [5.41, 5.74) is 1.82. The van der Waals surface area contributed by atoms with Gasteiger partial charge in [0.05, 0.1) is 18.6 Å². The number of amides is 1. The highest BCUT2D eigenvalue weighted by atomic mass is 16.5. The molecule has 0 N–H and O–H groups in total. The summed E-state index contributed by atoms with van der Waals surface area (Å²) in [5, 5.41) is 11.6. The van der Waals surface area contributed by atoms with Crippen molar-refractivity contribution >= 4 is 11.9 Å². The van der Waals surface area contributed by atoms with Crippen molar-refractivity contribution in [1.82, 2.24) is 4.90 Å². The maximum atomic E-state index is 13.0. The third-order valence-electron chi connectivity index (χ3n) is 6.16. The number of carbonyl (C=O) groups excluding carboxylic acids is 2. The number of carboxylic acid groups (broad SMARTS) is 1. The first-order valence-corrected chi connectivity index (χ1v) is 10.2. The Morgan fingerprint density at radius 2 is 2.07 bits per heavy atom. The van der Waals surface area contributed by atoms with Crippen molar-refractivity contribution in [1.29, 1.82) is 0 Å². The van der Waals surface area contributed by atoms with Crippen molar-refractivity contribution in [3.05, 3.63) is 35.5 Å². The Labute approximate surface area is 168 Å². The molecule has 2 fully saturated rings. The van der Waals surface area contributed by atoms with Gasteiger partial charge >= 0.3 is 0 Å². The molecule has 0 aromatic heterocycles. The molecule has 0 aromatic carbocycles. The van der Waals surface area contributed by atoms with E-state index in [2.05, 4.69) is 46.8 Å². The van der Waals surface area contributed by atoms with Crippen LogP contribution < -0.4 is 5.11 Å². The molecule has 3 aliphatic rings. The van der Waals surface area contributed by atoms with Crippen molar-refractivity contribution in [2.24, 2.45) is 17.3 Å². The number of fused-ring (bicyclic) bond motifs is 1. The zero-order valence-corrected chi connectivity index (χ0v) is 17.7. The summed E-state index contributed by atoms with van der Waals surface area (Å²) in [4.78, 5) is 26.4. The fraction of sp³-hybridized carbons (Fsp3) is 0.652. The van der Waals surface area contributed by atoms with Crippen molar-refractivity contribution in [2.45, 2.75) is 65.6 Å². The summed E-state index contributed by atoms with van der Waals surface area (Å²) < 4.78 is 5.92. The summed E-state index contributed by atoms with van der Waals surface area (Å²) in [6.07, 6.45) is 10.6. The van der Waals surface area contributed by atoms with Crippen LogP contribution in [0, 0.1) is 17.3 Å². The van der Waals surface area contributed by atoms with Gasteiger partial charge < -0.3 is 19.5 Å². The van der Waals surface area contributed by atoms with Gasteiger partial charge in [0.2, 0.25) is 5.91 Å². The monoisotopic (exact) mass is 386 g/mol. The van der Waals surface area contributed by atoms with Crippen LogP contribution in [0.25, 0.3) is 0 Å². The minimum atomic E-state index is -1.19. The Morgan fingerprint density at radius 1 is 1.36 bits per heavy atom. The number of carbonyl (C=O) groups is 2. The molecule has 3 heterocycles. The Balaban J connectivity index is 1.62. The van der Waals surface area contributed by atoms with Crippen LogP contribution in [0.1, 0.15) is 53.9 Å². The maximum Gasteiger partial charge on any atom is 0.229 e. The Hall–Kier alpha value is -1.88. The van der Waals surface area contributed by atoms with Gasteiger partial charge in [0.25, 0.3) is 0 Å². The predicted octanol–water partition coefficient (Wildman–Crippen LogP) is 2.63. The van der Waals surface area contributed by atoms with Crippen LogP contribution in [-0.2, 0) is 14.3 Å². The van der Waals surface area contributed by atoms with E-state index in [1.54, 1.807) is 11.0 Å². The number of nitrogens with zero attached hydrogens (tertiary/aromatic N) is 1. The lowest BCUT2D eigenvalue weighted by Crippen LogP contribution is -2.45. The standard InChI is InChI=1S/C23H33NO4/c1-15(2)7-6-8-16(3)9-11-22(4,5)13-24-14-23-12-10-17(28-23)18(21(26)27)19(23)20(24)25/h7,9-10,12,17-19H,6,8,11,13-14H2,1-5H3,(H,26,27)/p-1/b16-9+/t17-,18-,19+,23-/m0/s1. The van der Waals surface area contributed by atoms with Crippen LogP contribution in [0.3, 0.4) is 0 Å². The third kappa shape index (κ3) is 3.95. The average Bonchev–Trinajstić information content (AvgIpc) is 3.21. The molecule has 0 saturated carbocycles. The smallest absolute Gasteiger partial charge is 0.229 e. The number of ether oxygens (including phenoxy) is 1. The minimum absolute atomic E-state index is 0.0958. The summed E-state index contributed by atoms with van der Waals surface area (Å²) in [7, 11) is 0. The molecule has 0 aromatic rings. The van der Waals surface area contributed by atoms with Gasteiger partial charge in [-0.25, -0.2) is 0 Å². The second-order valence-electron chi connectivity index (χ2n) is 9.65. The molecule has 28 heavy (non-hydrogen) atoms. The molecule has 0 radical (unpaired) electrons. The van der Waals surface area contributed by atoms with Crippen molar-refractivity contribution in [2.75, 3.05) is 13.1 Å².